The van der Waals surface area contributed by atoms with E-state index >= 15 is 0 Å². The largest absolute Gasteiger partial charge is 0.393 e. The number of hydrogen-bond donors (Lipinski definition) is 8. The predicted octanol–water partition coefficient (Wildman–Crippen LogP) is 18.5. The third-order valence-electron chi connectivity index (χ3n) is 25.9. The third-order valence-corrected chi connectivity index (χ3v) is 25.9. The topological polar surface area (TPSA) is 162 Å². The number of hydrogen-bond acceptors (Lipinski definition) is 8. The molecule has 9 aliphatic carbocycles. The van der Waals surface area contributed by atoms with Crippen molar-refractivity contribution in [3.8, 4) is 0 Å². The smallest absolute Gasteiger partial charge is 0.0811 e. The van der Waals surface area contributed by atoms with Crippen molar-refractivity contribution in [1.29, 1.82) is 0 Å². The Bertz CT molecular complexity index is 2530. The summed E-state index contributed by atoms with van der Waals surface area (Å²) in [6, 6.07) is 0. The molecule has 512 valence electrons. The van der Waals surface area contributed by atoms with Crippen LogP contribution in [0, 0.1) is 80.8 Å². The first-order chi connectivity index (χ1) is 42.0. The SMILES string of the molecule is C=C1/C(=C\C=C2/CCC[C@@]3(C)C2CCC3[C@H](C)CCCC(C)(C)C)C[C@@H](O)C[C@@H]1O.C=C1[C@H](O)CC(=C/C=C2\CCC[C@@]3(C)C2CCC3[C@H](C)CCCC(C)(C)O)C[C@H]1O.CC1[C@H](O)CC(=C/C=C2\CCC[C@@]3(C)C2CCC3[C@H](C)CCCC(C)(C)O)C[C@H]1O. The Hall–Kier alpha value is -2.40. The molecule has 9 saturated carbocycles. The van der Waals surface area contributed by atoms with Gasteiger partial charge in [0.25, 0.3) is 0 Å². The quantitative estimate of drug-likeness (QED) is 0.0668. The molecule has 0 radical (unpaired) electrons. The zero-order valence-corrected chi connectivity index (χ0v) is 59.9. The summed E-state index contributed by atoms with van der Waals surface area (Å²) >= 11 is 0. The van der Waals surface area contributed by atoms with E-state index in [0.29, 0.717) is 95.3 Å². The molecule has 6 unspecified atom stereocenters. The second-order valence-electron chi connectivity index (χ2n) is 35.2. The van der Waals surface area contributed by atoms with Crippen molar-refractivity contribution in [2.75, 3.05) is 0 Å². The molecule has 0 bridgehead atoms. The van der Waals surface area contributed by atoms with Crippen LogP contribution in [0.5, 0.6) is 0 Å². The first-order valence-electron chi connectivity index (χ1n) is 37.1. The van der Waals surface area contributed by atoms with E-state index in [2.05, 4.69) is 112 Å². The van der Waals surface area contributed by atoms with Crippen molar-refractivity contribution in [2.24, 2.45) is 80.8 Å². The van der Waals surface area contributed by atoms with Crippen LogP contribution in [-0.2, 0) is 0 Å². The minimum Gasteiger partial charge on any atom is -0.393 e. The van der Waals surface area contributed by atoms with Crippen LogP contribution in [0.3, 0.4) is 0 Å². The second-order valence-corrected chi connectivity index (χ2v) is 35.2. The van der Waals surface area contributed by atoms with Crippen molar-refractivity contribution in [3.05, 3.63) is 94.2 Å². The number of fused-ring (bicyclic) bond motifs is 3. The molecule has 90 heavy (non-hydrogen) atoms. The normalized spacial score (nSPS) is 38.7. The number of allylic oxidation sites excluding steroid dienone is 9. The van der Waals surface area contributed by atoms with E-state index in [1.165, 1.54) is 134 Å². The second kappa shape index (κ2) is 31.6. The predicted molar refractivity (Wildman–Crippen MR) is 375 cm³/mol. The summed E-state index contributed by atoms with van der Waals surface area (Å²) in [5, 5.41) is 81.0. The molecule has 0 aliphatic heterocycles. The molecule has 0 spiro atoms. The Kier molecular flexibility index (Phi) is 26.4. The van der Waals surface area contributed by atoms with Gasteiger partial charge in [-0.1, -0.05) is 185 Å². The monoisotopic (exact) mass is 1250 g/mol. The van der Waals surface area contributed by atoms with Gasteiger partial charge in [-0.3, -0.25) is 0 Å². The van der Waals surface area contributed by atoms with Crippen molar-refractivity contribution in [1.82, 2.24) is 0 Å². The standard InChI is InChI=1S/C28H46O2.C27H46O3.C27H44O3/c1-19(9-7-15-27(3,4)5)24-13-14-25-21(10-8-16-28(24,25)6)11-12-22-17-23(29)18-26(30)20(22)2;2*1-18(8-6-14-26(3,4)30)22-12-13-23-21(9-7-15-27(22,23)5)11-10-20-16-24(28)19(2)25(29)17-20/h11-12,19,23-26,29-30H,2,7-10,13-18H2,1,3-6H3;10-11,18-19,22-25,28-30H,6-9,12-17H2,1-5H3;10-11,18,22-25,28-30H,2,6-9,12-17H2,1,3-5H3/b21-11+,22-12-;20-10?,21-11+;21-11+/t19-,23-,24?,25?,26+,28-;18-,19?,22?,23?,24-,25-,27-;18-,22?,23?,24-,25-,27-/m111/s1. The van der Waals surface area contributed by atoms with Crippen molar-refractivity contribution in [3.63, 3.8) is 0 Å². The van der Waals surface area contributed by atoms with E-state index in [1.54, 1.807) is 16.7 Å². The van der Waals surface area contributed by atoms with Gasteiger partial charge in [-0.25, -0.2) is 0 Å². The fourth-order valence-corrected chi connectivity index (χ4v) is 20.4. The molecule has 0 heterocycles. The highest BCUT2D eigenvalue weighted by atomic mass is 16.3. The summed E-state index contributed by atoms with van der Waals surface area (Å²) in [6.45, 7) is 39.6. The molecule has 18 atom stereocenters. The van der Waals surface area contributed by atoms with Gasteiger partial charge < -0.3 is 40.9 Å². The zero-order chi connectivity index (χ0) is 66.3. The summed E-state index contributed by atoms with van der Waals surface area (Å²) in [4.78, 5) is 0. The Balaban J connectivity index is 0.000000192. The van der Waals surface area contributed by atoms with E-state index < -0.39 is 47.8 Å². The fraction of sp³-hybridized carbons (Fsp3) is 0.805. The van der Waals surface area contributed by atoms with Gasteiger partial charge in [0.1, 0.15) is 0 Å². The van der Waals surface area contributed by atoms with E-state index in [1.807, 2.05) is 34.6 Å². The van der Waals surface area contributed by atoms with E-state index in [9.17, 15) is 40.9 Å². The summed E-state index contributed by atoms with van der Waals surface area (Å²) < 4.78 is 0. The van der Waals surface area contributed by atoms with E-state index in [0.717, 1.165) is 66.1 Å². The van der Waals surface area contributed by atoms with Crippen molar-refractivity contribution >= 4 is 0 Å². The molecule has 8 heteroatoms. The highest BCUT2D eigenvalue weighted by Gasteiger charge is 2.53. The molecule has 0 amide bonds. The Labute approximate surface area is 550 Å². The molecule has 8 nitrogen and oxygen atoms in total. The van der Waals surface area contributed by atoms with Gasteiger partial charge in [0, 0.05) is 12.3 Å². The van der Waals surface area contributed by atoms with Gasteiger partial charge in [0.15, 0.2) is 0 Å². The van der Waals surface area contributed by atoms with E-state index in [-0.39, 0.29) is 5.92 Å². The minimum atomic E-state index is -0.615. The lowest BCUT2D eigenvalue weighted by atomic mass is 9.60. The summed E-state index contributed by atoms with van der Waals surface area (Å²) in [7, 11) is 0. The minimum absolute atomic E-state index is 0.0266. The summed E-state index contributed by atoms with van der Waals surface area (Å²) in [5.74, 6) is 6.63. The third kappa shape index (κ3) is 19.4. The molecule has 0 aromatic rings. The average molecular weight is 1250 g/mol. The summed E-state index contributed by atoms with van der Waals surface area (Å²) in [5.41, 5.74) is 10.1. The molecule has 9 aliphatic rings. The molecule has 9 rings (SSSR count). The highest BCUT2D eigenvalue weighted by molar-refractivity contribution is 5.39. The Morgan fingerprint density at radius 1 is 0.478 bits per heavy atom. The summed E-state index contributed by atoms with van der Waals surface area (Å²) in [6.07, 6.45) is 43.9. The van der Waals surface area contributed by atoms with Crippen molar-refractivity contribution < 1.29 is 40.9 Å². The van der Waals surface area contributed by atoms with Gasteiger partial charge in [-0.15, -0.1) is 0 Å². The van der Waals surface area contributed by atoms with Crippen LogP contribution in [0.2, 0.25) is 0 Å². The van der Waals surface area contributed by atoms with Crippen LogP contribution in [0.25, 0.3) is 0 Å². The Morgan fingerprint density at radius 2 is 0.833 bits per heavy atom. The highest BCUT2D eigenvalue weighted by Crippen LogP contribution is 2.63. The van der Waals surface area contributed by atoms with Crippen LogP contribution >= 0.6 is 0 Å². The molecule has 8 N–H and O–H groups in total. The first kappa shape index (κ1) is 75.0. The maximum absolute atomic E-state index is 10.2. The van der Waals surface area contributed by atoms with Crippen LogP contribution in [-0.4, -0.2) is 88.7 Å². The maximum atomic E-state index is 10.2. The fourth-order valence-electron chi connectivity index (χ4n) is 20.4. The van der Waals surface area contributed by atoms with Crippen molar-refractivity contribution in [2.45, 2.75) is 337 Å². The lowest BCUT2D eigenvalue weighted by molar-refractivity contribution is 0.00404. The number of rotatable bonds is 17. The maximum Gasteiger partial charge on any atom is 0.0811 e. The molecule has 9 fully saturated rings. The van der Waals surface area contributed by atoms with Crippen LogP contribution < -0.4 is 0 Å². The number of aliphatic hydroxyl groups is 8. The van der Waals surface area contributed by atoms with Crippen LogP contribution in [0.4, 0.5) is 0 Å². The zero-order valence-electron chi connectivity index (χ0n) is 59.9. The lowest BCUT2D eigenvalue weighted by Crippen LogP contribution is -2.36. The first-order valence-corrected chi connectivity index (χ1v) is 37.1. The average Bonchev–Trinajstić information content (AvgIpc) is 1.60. The molecule has 0 aromatic carbocycles. The molecular formula is C82H136O8. The van der Waals surface area contributed by atoms with Gasteiger partial charge in [-0.05, 0) is 267 Å². The van der Waals surface area contributed by atoms with Gasteiger partial charge >= 0.3 is 0 Å². The molecule has 0 aromatic heterocycles. The Morgan fingerprint density at radius 3 is 1.20 bits per heavy atom. The van der Waals surface area contributed by atoms with Crippen LogP contribution in [0.1, 0.15) is 290 Å². The lowest BCUT2D eigenvalue weighted by Gasteiger charge is -2.44. The number of aliphatic hydroxyl groups excluding tert-OH is 6. The molecular weight excluding hydrogens is 1110 g/mol. The van der Waals surface area contributed by atoms with Crippen LogP contribution in [0.15, 0.2) is 94.2 Å². The van der Waals surface area contributed by atoms with Gasteiger partial charge in [-0.2, -0.15) is 0 Å². The molecule has 0 saturated heterocycles. The van der Waals surface area contributed by atoms with Gasteiger partial charge in [0.2, 0.25) is 0 Å². The van der Waals surface area contributed by atoms with Gasteiger partial charge in [0.05, 0.1) is 47.8 Å². The van der Waals surface area contributed by atoms with E-state index in [4.69, 9.17) is 0 Å².